The molecule has 1 aromatic rings. The average molecular weight is 420 g/mol. The fourth-order valence-corrected chi connectivity index (χ4v) is 4.87. The van der Waals surface area contributed by atoms with Crippen molar-refractivity contribution in [2.24, 2.45) is 11.3 Å². The van der Waals surface area contributed by atoms with Crippen molar-refractivity contribution < 1.29 is 23.8 Å². The van der Waals surface area contributed by atoms with Crippen LogP contribution in [0.25, 0.3) is 0 Å². The van der Waals surface area contributed by atoms with Gasteiger partial charge >= 0.3 is 0 Å². The number of halogens is 1. The molecule has 1 saturated heterocycles. The maximum atomic E-state index is 14.8. The summed E-state index contributed by atoms with van der Waals surface area (Å²) in [5.74, 6) is 1.03. The summed E-state index contributed by atoms with van der Waals surface area (Å²) in [7, 11) is 0. The number of benzene rings is 1. The number of hydrogen-bond donors (Lipinski definition) is 1. The zero-order chi connectivity index (χ0) is 21.7. The van der Waals surface area contributed by atoms with E-state index in [1.54, 1.807) is 11.0 Å². The van der Waals surface area contributed by atoms with Gasteiger partial charge in [-0.2, -0.15) is 0 Å². The third-order valence-electron chi connectivity index (χ3n) is 6.52. The van der Waals surface area contributed by atoms with Gasteiger partial charge < -0.3 is 14.7 Å². The molecule has 1 N–H and O–H groups in total. The molecular weight excluding hydrogens is 385 g/mol. The van der Waals surface area contributed by atoms with E-state index in [4.69, 9.17) is 14.6 Å². The number of rotatable bonds is 5. The number of ether oxygens (including phenoxy) is 1. The van der Waals surface area contributed by atoms with E-state index in [0.717, 1.165) is 44.3 Å². The summed E-state index contributed by atoms with van der Waals surface area (Å²) in [5.41, 5.74) is 1.64. The zero-order valence-electron chi connectivity index (χ0n) is 18.2. The normalized spacial score (nSPS) is 22.8. The van der Waals surface area contributed by atoms with Crippen molar-refractivity contribution in [3.63, 3.8) is 0 Å². The highest BCUT2D eigenvalue weighted by molar-refractivity contribution is 5.95. The summed E-state index contributed by atoms with van der Waals surface area (Å²) in [6, 6.07) is 3.26. The Labute approximate surface area is 178 Å². The highest BCUT2D eigenvalue weighted by Gasteiger charge is 2.32. The molecule has 0 aromatic heterocycles. The molecule has 166 valence electrons. The minimum atomic E-state index is -0.435. The molecule has 1 amide bonds. The smallest absolute Gasteiger partial charge is 0.290 e. The molecule has 1 aromatic carbocycles. The molecule has 0 radical (unpaired) electrons. The first-order valence-electron chi connectivity index (χ1n) is 11.2. The fourth-order valence-electron chi connectivity index (χ4n) is 4.87. The molecule has 1 unspecified atom stereocenters. The van der Waals surface area contributed by atoms with E-state index < -0.39 is 5.82 Å². The van der Waals surface area contributed by atoms with Gasteiger partial charge in [0.25, 0.3) is 12.4 Å². The Morgan fingerprint density at radius 3 is 2.50 bits per heavy atom. The van der Waals surface area contributed by atoms with Gasteiger partial charge in [0, 0.05) is 19.2 Å². The average Bonchev–Trinajstić information content (AvgIpc) is 3.39. The van der Waals surface area contributed by atoms with Crippen molar-refractivity contribution >= 4 is 12.4 Å². The second kappa shape index (κ2) is 9.80. The van der Waals surface area contributed by atoms with Crippen LogP contribution in [-0.2, 0) is 4.79 Å². The SMILES string of the molecule is CC1(C)CCCC(COc2cc(F)c(C(=O)N3CCCC3)cc2C2CC2)C1.O=CO. The molecule has 0 bridgehead atoms. The van der Waals surface area contributed by atoms with Gasteiger partial charge in [0.05, 0.1) is 12.2 Å². The van der Waals surface area contributed by atoms with Crippen LogP contribution in [0.3, 0.4) is 0 Å². The van der Waals surface area contributed by atoms with Crippen LogP contribution in [0.4, 0.5) is 4.39 Å². The third-order valence-corrected chi connectivity index (χ3v) is 6.52. The van der Waals surface area contributed by atoms with Crippen LogP contribution in [0, 0.1) is 17.2 Å². The molecule has 1 heterocycles. The predicted octanol–water partition coefficient (Wildman–Crippen LogP) is 5.24. The van der Waals surface area contributed by atoms with Crippen molar-refractivity contribution in [1.82, 2.24) is 4.90 Å². The van der Waals surface area contributed by atoms with Crippen molar-refractivity contribution in [1.29, 1.82) is 0 Å². The Morgan fingerprint density at radius 2 is 1.90 bits per heavy atom. The van der Waals surface area contributed by atoms with Crippen LogP contribution >= 0.6 is 0 Å². The summed E-state index contributed by atoms with van der Waals surface area (Å²) in [4.78, 5) is 22.8. The van der Waals surface area contributed by atoms with Crippen molar-refractivity contribution in [3.05, 3.63) is 29.1 Å². The topological polar surface area (TPSA) is 66.8 Å². The lowest BCUT2D eigenvalue weighted by Crippen LogP contribution is -2.28. The van der Waals surface area contributed by atoms with Gasteiger partial charge in [-0.25, -0.2) is 4.39 Å². The molecule has 1 atom stereocenters. The van der Waals surface area contributed by atoms with Crippen LogP contribution in [0.1, 0.15) is 87.1 Å². The fraction of sp³-hybridized carbons (Fsp3) is 0.667. The molecule has 5 nitrogen and oxygen atoms in total. The number of hydrogen-bond acceptors (Lipinski definition) is 3. The van der Waals surface area contributed by atoms with Gasteiger partial charge in [0.1, 0.15) is 11.6 Å². The lowest BCUT2D eigenvalue weighted by Gasteiger charge is -2.35. The number of carboxylic acid groups (broad SMARTS) is 1. The second-order valence-corrected chi connectivity index (χ2v) is 9.69. The molecule has 0 spiro atoms. The molecule has 2 saturated carbocycles. The summed E-state index contributed by atoms with van der Waals surface area (Å²) >= 11 is 0. The highest BCUT2D eigenvalue weighted by Crippen LogP contribution is 2.46. The maximum Gasteiger partial charge on any atom is 0.290 e. The van der Waals surface area contributed by atoms with Crippen LogP contribution in [-0.4, -0.2) is 42.1 Å². The standard InChI is InChI=1S/C23H32FNO2.CH2O2/c1-23(2)9-5-6-16(14-23)15-27-21-13-20(24)19(12-18(21)17-7-8-17)22(26)25-10-3-4-11-25;2-1-3/h12-13,16-17H,3-11,14-15H2,1-2H3;1H,(H,2,3). The van der Waals surface area contributed by atoms with Crippen molar-refractivity contribution in [2.75, 3.05) is 19.7 Å². The largest absolute Gasteiger partial charge is 0.493 e. The molecule has 4 rings (SSSR count). The van der Waals surface area contributed by atoms with E-state index in [2.05, 4.69) is 13.8 Å². The molecule has 6 heteroatoms. The Bertz CT molecular complexity index is 754. The second-order valence-electron chi connectivity index (χ2n) is 9.69. The van der Waals surface area contributed by atoms with E-state index in [1.807, 2.05) is 0 Å². The first-order valence-corrected chi connectivity index (χ1v) is 11.2. The zero-order valence-corrected chi connectivity index (χ0v) is 18.2. The lowest BCUT2D eigenvalue weighted by atomic mass is 9.72. The molecule has 2 aliphatic carbocycles. The van der Waals surface area contributed by atoms with Gasteiger partial charge in [-0.1, -0.05) is 20.3 Å². The van der Waals surface area contributed by atoms with Crippen LogP contribution in [0.5, 0.6) is 5.75 Å². The quantitative estimate of drug-likeness (QED) is 0.663. The van der Waals surface area contributed by atoms with Crippen LogP contribution in [0.2, 0.25) is 0 Å². The summed E-state index contributed by atoms with van der Waals surface area (Å²) < 4.78 is 20.9. The van der Waals surface area contributed by atoms with E-state index in [9.17, 15) is 9.18 Å². The van der Waals surface area contributed by atoms with Crippen molar-refractivity contribution in [3.8, 4) is 5.75 Å². The summed E-state index contributed by atoms with van der Waals surface area (Å²) in [6.07, 6.45) is 9.12. The van der Waals surface area contributed by atoms with E-state index >= 15 is 0 Å². The van der Waals surface area contributed by atoms with E-state index in [1.165, 1.54) is 31.7 Å². The highest BCUT2D eigenvalue weighted by atomic mass is 19.1. The van der Waals surface area contributed by atoms with Gasteiger partial charge in [-0.15, -0.1) is 0 Å². The Kier molecular flexibility index (Phi) is 7.37. The first kappa shape index (κ1) is 22.6. The molecule has 3 aliphatic rings. The number of nitrogens with zero attached hydrogens (tertiary/aromatic N) is 1. The summed E-state index contributed by atoms with van der Waals surface area (Å²) in [6.45, 7) is 6.54. The minimum absolute atomic E-state index is 0.160. The third kappa shape index (κ3) is 5.73. The molecule has 1 aliphatic heterocycles. The number of carbonyl (C=O) groups is 2. The van der Waals surface area contributed by atoms with E-state index in [-0.39, 0.29) is 17.9 Å². The van der Waals surface area contributed by atoms with Gasteiger partial charge in [-0.3, -0.25) is 9.59 Å². The monoisotopic (exact) mass is 419 g/mol. The number of amides is 1. The minimum Gasteiger partial charge on any atom is -0.493 e. The lowest BCUT2D eigenvalue weighted by molar-refractivity contribution is -0.122. The van der Waals surface area contributed by atoms with Gasteiger partial charge in [-0.05, 0) is 73.8 Å². The Balaban J connectivity index is 0.000000806. The van der Waals surface area contributed by atoms with Crippen LogP contribution < -0.4 is 4.74 Å². The number of carbonyl (C=O) groups excluding carboxylic acids is 1. The predicted molar refractivity (Wildman–Crippen MR) is 113 cm³/mol. The summed E-state index contributed by atoms with van der Waals surface area (Å²) in [5, 5.41) is 6.89. The maximum absolute atomic E-state index is 14.8. The molecule has 3 fully saturated rings. The first-order chi connectivity index (χ1) is 14.3. The Hall–Kier alpha value is -2.11. The van der Waals surface area contributed by atoms with Gasteiger partial charge in [0.2, 0.25) is 0 Å². The van der Waals surface area contributed by atoms with Crippen LogP contribution in [0.15, 0.2) is 12.1 Å². The van der Waals surface area contributed by atoms with Crippen molar-refractivity contribution in [2.45, 2.75) is 71.1 Å². The Morgan fingerprint density at radius 1 is 1.23 bits per heavy atom. The molecular formula is C24H34FNO4. The number of likely N-dealkylation sites (tertiary alicyclic amines) is 1. The molecule has 30 heavy (non-hydrogen) atoms. The van der Waals surface area contributed by atoms with E-state index in [0.29, 0.717) is 29.6 Å². The van der Waals surface area contributed by atoms with Gasteiger partial charge in [0.15, 0.2) is 0 Å².